The van der Waals surface area contributed by atoms with Gasteiger partial charge in [-0.15, -0.1) is 0 Å². The maximum atomic E-state index is 12.1. The minimum Gasteiger partial charge on any atom is -0.381 e. The van der Waals surface area contributed by atoms with Crippen molar-refractivity contribution in [1.29, 1.82) is 0 Å². The van der Waals surface area contributed by atoms with Crippen molar-refractivity contribution in [1.82, 2.24) is 9.78 Å². The van der Waals surface area contributed by atoms with Gasteiger partial charge in [0.2, 0.25) is 5.91 Å². The van der Waals surface area contributed by atoms with E-state index in [2.05, 4.69) is 5.10 Å². The molecular weight excluding hydrogens is 194 g/mol. The minimum atomic E-state index is 0.0476. The molecule has 0 saturated carbocycles. The highest BCUT2D eigenvalue weighted by Crippen LogP contribution is 2.24. The molecule has 1 aromatic rings. The Kier molecular flexibility index (Phi) is 1.98. The van der Waals surface area contributed by atoms with Crippen molar-refractivity contribution in [2.24, 2.45) is 5.92 Å². The van der Waals surface area contributed by atoms with Gasteiger partial charge in [0.1, 0.15) is 5.82 Å². The summed E-state index contributed by atoms with van der Waals surface area (Å²) in [5, 5.41) is 4.15. The first kappa shape index (κ1) is 8.91. The lowest BCUT2D eigenvalue weighted by Crippen LogP contribution is -2.35. The van der Waals surface area contributed by atoms with Crippen LogP contribution in [0.5, 0.6) is 0 Å². The van der Waals surface area contributed by atoms with Gasteiger partial charge in [0.05, 0.1) is 25.3 Å². The number of carbonyl (C=O) groups excluding carboxylic acids is 1. The van der Waals surface area contributed by atoms with Crippen molar-refractivity contribution in [3.05, 3.63) is 12.3 Å². The fourth-order valence-corrected chi connectivity index (χ4v) is 2.21. The lowest BCUT2D eigenvalue weighted by Gasteiger charge is -2.17. The SMILES string of the molecule is O=C([C@@H]1CCOC1)N1CCn2nccc21. The first-order valence-corrected chi connectivity index (χ1v) is 5.27. The third kappa shape index (κ3) is 1.34. The van der Waals surface area contributed by atoms with Crippen LogP contribution < -0.4 is 4.90 Å². The summed E-state index contributed by atoms with van der Waals surface area (Å²) < 4.78 is 7.11. The molecule has 1 amide bonds. The Morgan fingerprint density at radius 1 is 1.53 bits per heavy atom. The number of amides is 1. The van der Waals surface area contributed by atoms with E-state index in [0.29, 0.717) is 13.2 Å². The fourth-order valence-electron chi connectivity index (χ4n) is 2.21. The van der Waals surface area contributed by atoms with Crippen LogP contribution in [0.15, 0.2) is 12.3 Å². The number of anilines is 1. The van der Waals surface area contributed by atoms with Crippen LogP contribution in [0.25, 0.3) is 0 Å². The van der Waals surface area contributed by atoms with Gasteiger partial charge in [0.15, 0.2) is 0 Å². The van der Waals surface area contributed by atoms with Gasteiger partial charge in [0, 0.05) is 19.2 Å². The van der Waals surface area contributed by atoms with Gasteiger partial charge < -0.3 is 4.74 Å². The van der Waals surface area contributed by atoms with Crippen molar-refractivity contribution >= 4 is 11.7 Å². The molecule has 1 fully saturated rings. The van der Waals surface area contributed by atoms with Crippen LogP contribution in [-0.4, -0.2) is 35.4 Å². The van der Waals surface area contributed by atoms with Gasteiger partial charge in [-0.2, -0.15) is 5.10 Å². The second-order valence-electron chi connectivity index (χ2n) is 3.96. The Hall–Kier alpha value is -1.36. The van der Waals surface area contributed by atoms with E-state index in [1.807, 2.05) is 15.6 Å². The molecule has 0 spiro atoms. The van der Waals surface area contributed by atoms with E-state index in [4.69, 9.17) is 4.74 Å². The molecule has 3 rings (SSSR count). The molecule has 0 N–H and O–H groups in total. The Labute approximate surface area is 87.6 Å². The number of ether oxygens (including phenoxy) is 1. The molecule has 0 unspecified atom stereocenters. The number of carbonyl (C=O) groups is 1. The zero-order valence-corrected chi connectivity index (χ0v) is 8.43. The average Bonchev–Trinajstić information content (AvgIpc) is 2.94. The number of rotatable bonds is 1. The van der Waals surface area contributed by atoms with Crippen LogP contribution in [0.3, 0.4) is 0 Å². The zero-order chi connectivity index (χ0) is 10.3. The summed E-state index contributed by atoms with van der Waals surface area (Å²) in [6, 6.07) is 1.89. The number of hydrogen-bond acceptors (Lipinski definition) is 3. The molecule has 3 heterocycles. The molecule has 2 aliphatic rings. The predicted octanol–water partition coefficient (Wildman–Crippen LogP) is 0.266. The van der Waals surface area contributed by atoms with E-state index in [1.54, 1.807) is 6.20 Å². The Bertz CT molecular complexity index is 382. The van der Waals surface area contributed by atoms with Gasteiger partial charge in [-0.3, -0.25) is 9.69 Å². The van der Waals surface area contributed by atoms with Crippen molar-refractivity contribution < 1.29 is 9.53 Å². The van der Waals surface area contributed by atoms with Crippen molar-refractivity contribution in [3.8, 4) is 0 Å². The van der Waals surface area contributed by atoms with Crippen LogP contribution in [0.4, 0.5) is 5.82 Å². The first-order valence-electron chi connectivity index (χ1n) is 5.27. The Morgan fingerprint density at radius 2 is 2.47 bits per heavy atom. The molecular formula is C10H13N3O2. The molecule has 0 aliphatic carbocycles. The highest BCUT2D eigenvalue weighted by atomic mass is 16.5. The van der Waals surface area contributed by atoms with Crippen molar-refractivity contribution in [3.63, 3.8) is 0 Å². The summed E-state index contributed by atoms with van der Waals surface area (Å²) in [7, 11) is 0. The second-order valence-corrected chi connectivity index (χ2v) is 3.96. The molecule has 5 heteroatoms. The predicted molar refractivity (Wildman–Crippen MR) is 53.5 cm³/mol. The molecule has 0 aromatic carbocycles. The monoisotopic (exact) mass is 207 g/mol. The maximum absolute atomic E-state index is 12.1. The van der Waals surface area contributed by atoms with E-state index in [0.717, 1.165) is 25.3 Å². The van der Waals surface area contributed by atoms with Gasteiger partial charge in [-0.05, 0) is 6.42 Å². The number of hydrogen-bond donors (Lipinski definition) is 0. The number of fused-ring (bicyclic) bond motifs is 1. The topological polar surface area (TPSA) is 47.4 Å². The average molecular weight is 207 g/mol. The largest absolute Gasteiger partial charge is 0.381 e. The normalized spacial score (nSPS) is 24.5. The van der Waals surface area contributed by atoms with E-state index in [-0.39, 0.29) is 11.8 Å². The number of nitrogens with zero attached hydrogens (tertiary/aromatic N) is 3. The summed E-state index contributed by atoms with van der Waals surface area (Å²) in [4.78, 5) is 13.9. The third-order valence-electron chi connectivity index (χ3n) is 3.05. The Morgan fingerprint density at radius 3 is 3.27 bits per heavy atom. The van der Waals surface area contributed by atoms with Crippen molar-refractivity contribution in [2.75, 3.05) is 24.7 Å². The molecule has 1 atom stereocenters. The van der Waals surface area contributed by atoms with Crippen LogP contribution in [0, 0.1) is 5.92 Å². The summed E-state index contributed by atoms with van der Waals surface area (Å²) in [6.07, 6.45) is 2.59. The fraction of sp³-hybridized carbons (Fsp3) is 0.600. The first-order chi connectivity index (χ1) is 7.36. The van der Waals surface area contributed by atoms with Gasteiger partial charge >= 0.3 is 0 Å². The van der Waals surface area contributed by atoms with Crippen molar-refractivity contribution in [2.45, 2.75) is 13.0 Å². The molecule has 0 radical (unpaired) electrons. The summed E-state index contributed by atoms with van der Waals surface area (Å²) in [6.45, 7) is 2.84. The van der Waals surface area contributed by atoms with E-state index < -0.39 is 0 Å². The summed E-state index contributed by atoms with van der Waals surface area (Å²) in [5.41, 5.74) is 0. The lowest BCUT2D eigenvalue weighted by atomic mass is 10.1. The lowest BCUT2D eigenvalue weighted by molar-refractivity contribution is -0.122. The molecule has 1 aromatic heterocycles. The van der Waals surface area contributed by atoms with Crippen LogP contribution in [-0.2, 0) is 16.1 Å². The second kappa shape index (κ2) is 3.34. The maximum Gasteiger partial charge on any atom is 0.233 e. The quantitative estimate of drug-likeness (QED) is 0.664. The Balaban J connectivity index is 1.81. The molecule has 0 bridgehead atoms. The van der Waals surface area contributed by atoms with E-state index >= 15 is 0 Å². The van der Waals surface area contributed by atoms with Gasteiger partial charge in [-0.1, -0.05) is 0 Å². The molecule has 5 nitrogen and oxygen atoms in total. The highest BCUT2D eigenvalue weighted by molar-refractivity contribution is 5.95. The van der Waals surface area contributed by atoms with Gasteiger partial charge in [-0.25, -0.2) is 4.68 Å². The summed E-state index contributed by atoms with van der Waals surface area (Å²) >= 11 is 0. The smallest absolute Gasteiger partial charge is 0.233 e. The molecule has 80 valence electrons. The molecule has 15 heavy (non-hydrogen) atoms. The van der Waals surface area contributed by atoms with E-state index in [9.17, 15) is 4.79 Å². The highest BCUT2D eigenvalue weighted by Gasteiger charge is 2.32. The standard InChI is InChI=1S/C10H13N3O2/c14-10(8-2-6-15-7-8)12-4-5-13-9(12)1-3-11-13/h1,3,8H,2,4-7H2/t8-/m1/s1. The molecule has 1 saturated heterocycles. The summed E-state index contributed by atoms with van der Waals surface area (Å²) in [5.74, 6) is 1.16. The van der Waals surface area contributed by atoms with Crippen LogP contribution in [0.2, 0.25) is 0 Å². The minimum absolute atomic E-state index is 0.0476. The van der Waals surface area contributed by atoms with Gasteiger partial charge in [0.25, 0.3) is 0 Å². The van der Waals surface area contributed by atoms with Crippen LogP contribution in [0.1, 0.15) is 6.42 Å². The number of aromatic nitrogens is 2. The zero-order valence-electron chi connectivity index (χ0n) is 8.43. The van der Waals surface area contributed by atoms with E-state index in [1.165, 1.54) is 0 Å². The molecule has 2 aliphatic heterocycles. The van der Waals surface area contributed by atoms with Crippen LogP contribution >= 0.6 is 0 Å². The third-order valence-corrected chi connectivity index (χ3v) is 3.05.